The number of nitrogens with zero attached hydrogens (tertiary/aromatic N) is 4. The Kier molecular flexibility index (Phi) is 5.43. The topological polar surface area (TPSA) is 98.5 Å². The van der Waals surface area contributed by atoms with Gasteiger partial charge in [-0.25, -0.2) is 0 Å². The molecule has 0 radical (unpaired) electrons. The molecule has 1 heterocycles. The average molecular weight is 290 g/mol. The molecule has 7 nitrogen and oxygen atoms in total. The maximum absolute atomic E-state index is 11.8. The van der Waals surface area contributed by atoms with Crippen LogP contribution in [-0.4, -0.2) is 48.3 Å². The number of carbonyl (C=O) groups excluding carboxylic acids is 1. The highest BCUT2D eigenvalue weighted by Crippen LogP contribution is 2.18. The summed E-state index contributed by atoms with van der Waals surface area (Å²) in [5.74, 6) is 0.702. The lowest BCUT2D eigenvalue weighted by atomic mass is 10.1. The van der Waals surface area contributed by atoms with Gasteiger partial charge in [0, 0.05) is 31.0 Å². The molecule has 0 saturated carbocycles. The summed E-state index contributed by atoms with van der Waals surface area (Å²) in [5, 5.41) is 13.4. The van der Waals surface area contributed by atoms with Gasteiger partial charge in [0.2, 0.25) is 5.91 Å². The molecular formula is C14H18N4O3. The lowest BCUT2D eigenvalue weighted by molar-refractivity contribution is -0.129. The second kappa shape index (κ2) is 7.52. The molecule has 2 atom stereocenters. The number of rotatable bonds is 7. The second-order valence-electron chi connectivity index (χ2n) is 5.06. The number of hydrogen-bond acceptors (Lipinski definition) is 4. The van der Waals surface area contributed by atoms with E-state index in [1.807, 2.05) is 30.3 Å². The lowest BCUT2D eigenvalue weighted by Gasteiger charge is -2.20. The van der Waals surface area contributed by atoms with Crippen LogP contribution in [-0.2, 0) is 4.79 Å². The molecule has 0 aliphatic carbocycles. The van der Waals surface area contributed by atoms with Crippen LogP contribution >= 0.6 is 0 Å². The van der Waals surface area contributed by atoms with Gasteiger partial charge in [0.05, 0.1) is 0 Å². The molecule has 1 N–H and O–H groups in total. The number of ether oxygens (including phenoxy) is 1. The number of aliphatic hydroxyl groups excluding tert-OH is 1. The van der Waals surface area contributed by atoms with Crippen molar-refractivity contribution in [3.05, 3.63) is 40.8 Å². The minimum atomic E-state index is -0.743. The Morgan fingerprint density at radius 3 is 2.95 bits per heavy atom. The summed E-state index contributed by atoms with van der Waals surface area (Å²) in [6.07, 6.45) is -0.377. The van der Waals surface area contributed by atoms with E-state index in [2.05, 4.69) is 10.0 Å². The van der Waals surface area contributed by atoms with Crippen molar-refractivity contribution in [2.75, 3.05) is 26.2 Å². The minimum absolute atomic E-state index is 0.0214. The van der Waals surface area contributed by atoms with E-state index in [-0.39, 0.29) is 25.0 Å². The minimum Gasteiger partial charge on any atom is -0.491 e. The first-order valence-electron chi connectivity index (χ1n) is 6.83. The number of benzene rings is 1. The van der Waals surface area contributed by atoms with Gasteiger partial charge in [0.1, 0.15) is 18.5 Å². The number of carbonyl (C=O) groups is 1. The van der Waals surface area contributed by atoms with Gasteiger partial charge in [-0.1, -0.05) is 23.3 Å². The van der Waals surface area contributed by atoms with E-state index in [9.17, 15) is 9.90 Å². The second-order valence-corrected chi connectivity index (χ2v) is 5.06. The van der Waals surface area contributed by atoms with E-state index in [0.717, 1.165) is 0 Å². The fraction of sp³-hybridized carbons (Fsp3) is 0.500. The zero-order valence-corrected chi connectivity index (χ0v) is 11.6. The van der Waals surface area contributed by atoms with Crippen LogP contribution in [0.3, 0.4) is 0 Å². The molecule has 1 aliphatic heterocycles. The molecule has 0 spiro atoms. The van der Waals surface area contributed by atoms with Crippen LogP contribution in [0, 0.1) is 5.92 Å². The molecule has 1 saturated heterocycles. The molecule has 1 aliphatic rings. The van der Waals surface area contributed by atoms with Gasteiger partial charge in [-0.15, -0.1) is 0 Å². The molecule has 1 aromatic carbocycles. The van der Waals surface area contributed by atoms with E-state index in [1.165, 1.54) is 0 Å². The summed E-state index contributed by atoms with van der Waals surface area (Å²) in [7, 11) is 0. The SMILES string of the molecule is [N-]=[N+]=NCC1CC(=O)N(CC(O)COc2ccccc2)C1. The molecule has 0 aromatic heterocycles. The highest BCUT2D eigenvalue weighted by Gasteiger charge is 2.30. The fourth-order valence-electron chi connectivity index (χ4n) is 2.32. The van der Waals surface area contributed by atoms with Crippen molar-refractivity contribution in [3.63, 3.8) is 0 Å². The highest BCUT2D eigenvalue weighted by atomic mass is 16.5. The standard InChI is InChI=1S/C14H18N4O3/c15-17-16-7-11-6-14(20)18(8-11)9-12(19)10-21-13-4-2-1-3-5-13/h1-5,11-12,19H,6-10H2. The quantitative estimate of drug-likeness (QED) is 0.469. The first-order valence-corrected chi connectivity index (χ1v) is 6.83. The Labute approximate surface area is 122 Å². The Bertz CT molecular complexity index is 516. The summed E-state index contributed by atoms with van der Waals surface area (Å²) in [4.78, 5) is 16.1. The predicted octanol–water partition coefficient (Wildman–Crippen LogP) is 1.59. The van der Waals surface area contributed by atoms with Gasteiger partial charge < -0.3 is 14.7 Å². The van der Waals surface area contributed by atoms with Crippen molar-refractivity contribution in [2.45, 2.75) is 12.5 Å². The summed E-state index contributed by atoms with van der Waals surface area (Å²) in [6, 6.07) is 9.21. The molecule has 1 aromatic rings. The third-order valence-electron chi connectivity index (χ3n) is 3.31. The van der Waals surface area contributed by atoms with Gasteiger partial charge in [-0.3, -0.25) is 4.79 Å². The summed E-state index contributed by atoms with van der Waals surface area (Å²) >= 11 is 0. The normalized spacial score (nSPS) is 19.2. The van der Waals surface area contributed by atoms with Crippen molar-refractivity contribution in [1.82, 2.24) is 4.90 Å². The number of likely N-dealkylation sites (tertiary alicyclic amines) is 1. The van der Waals surface area contributed by atoms with E-state index in [4.69, 9.17) is 10.3 Å². The van der Waals surface area contributed by atoms with Gasteiger partial charge in [-0.2, -0.15) is 0 Å². The van der Waals surface area contributed by atoms with Crippen molar-refractivity contribution in [3.8, 4) is 5.75 Å². The zero-order chi connectivity index (χ0) is 15.1. The first-order chi connectivity index (χ1) is 10.2. The lowest BCUT2D eigenvalue weighted by Crippen LogP contribution is -2.36. The average Bonchev–Trinajstić information content (AvgIpc) is 2.84. The number of hydrogen-bond donors (Lipinski definition) is 1. The number of azide groups is 1. The Hall–Kier alpha value is -2.24. The van der Waals surface area contributed by atoms with Crippen molar-refractivity contribution in [2.24, 2.45) is 11.0 Å². The first kappa shape index (κ1) is 15.2. The van der Waals surface area contributed by atoms with Crippen molar-refractivity contribution >= 4 is 5.91 Å². The molecule has 21 heavy (non-hydrogen) atoms. The summed E-state index contributed by atoms with van der Waals surface area (Å²) in [5.41, 5.74) is 8.29. The van der Waals surface area contributed by atoms with Gasteiger partial charge in [0.15, 0.2) is 0 Å². The molecular weight excluding hydrogens is 272 g/mol. The zero-order valence-electron chi connectivity index (χ0n) is 11.6. The Morgan fingerprint density at radius 2 is 2.24 bits per heavy atom. The molecule has 0 bridgehead atoms. The molecule has 1 amide bonds. The van der Waals surface area contributed by atoms with Gasteiger partial charge in [-0.05, 0) is 23.6 Å². The van der Waals surface area contributed by atoms with Crippen LogP contribution in [0.15, 0.2) is 35.4 Å². The molecule has 7 heteroatoms. The third-order valence-corrected chi connectivity index (χ3v) is 3.31. The van der Waals surface area contributed by atoms with Crippen LogP contribution in [0.2, 0.25) is 0 Å². The van der Waals surface area contributed by atoms with Crippen LogP contribution in [0.4, 0.5) is 0 Å². The van der Waals surface area contributed by atoms with E-state index < -0.39 is 6.10 Å². The van der Waals surface area contributed by atoms with Gasteiger partial charge in [0.25, 0.3) is 0 Å². The maximum Gasteiger partial charge on any atom is 0.223 e. The smallest absolute Gasteiger partial charge is 0.223 e. The molecule has 2 rings (SSSR count). The van der Waals surface area contributed by atoms with Crippen LogP contribution in [0.5, 0.6) is 5.75 Å². The number of β-amino-alcohol motifs (C(OH)–C–C–N with tert-alkyl or cyclic N) is 1. The highest BCUT2D eigenvalue weighted by molar-refractivity contribution is 5.78. The predicted molar refractivity (Wildman–Crippen MR) is 76.6 cm³/mol. The Balaban J connectivity index is 1.76. The summed E-state index contributed by atoms with van der Waals surface area (Å²) < 4.78 is 5.45. The van der Waals surface area contributed by atoms with E-state index >= 15 is 0 Å². The fourth-order valence-corrected chi connectivity index (χ4v) is 2.32. The van der Waals surface area contributed by atoms with Crippen LogP contribution < -0.4 is 4.74 Å². The van der Waals surface area contributed by atoms with E-state index in [0.29, 0.717) is 25.3 Å². The van der Waals surface area contributed by atoms with Crippen molar-refractivity contribution in [1.29, 1.82) is 0 Å². The van der Waals surface area contributed by atoms with Crippen LogP contribution in [0.1, 0.15) is 6.42 Å². The van der Waals surface area contributed by atoms with Gasteiger partial charge >= 0.3 is 0 Å². The largest absolute Gasteiger partial charge is 0.491 e. The van der Waals surface area contributed by atoms with E-state index in [1.54, 1.807) is 4.90 Å². The molecule has 112 valence electrons. The Morgan fingerprint density at radius 1 is 1.48 bits per heavy atom. The maximum atomic E-state index is 11.8. The number of amides is 1. The molecule has 1 fully saturated rings. The van der Waals surface area contributed by atoms with Crippen molar-refractivity contribution < 1.29 is 14.6 Å². The molecule has 2 unspecified atom stereocenters. The monoisotopic (exact) mass is 290 g/mol. The van der Waals surface area contributed by atoms with Crippen LogP contribution in [0.25, 0.3) is 10.4 Å². The number of aliphatic hydroxyl groups is 1. The summed E-state index contributed by atoms with van der Waals surface area (Å²) in [6.45, 7) is 1.20. The third kappa shape index (κ3) is 4.66. The number of para-hydroxylation sites is 1.